The van der Waals surface area contributed by atoms with Gasteiger partial charge in [-0.15, -0.1) is 0 Å². The van der Waals surface area contributed by atoms with Crippen molar-refractivity contribution in [2.45, 2.75) is 17.7 Å². The summed E-state index contributed by atoms with van der Waals surface area (Å²) in [6.07, 6.45) is 1.84. The van der Waals surface area contributed by atoms with E-state index in [2.05, 4.69) is 10.0 Å². The summed E-state index contributed by atoms with van der Waals surface area (Å²) < 4.78 is 27.1. The molecule has 3 rings (SSSR count). The molecule has 1 aliphatic rings. The molecule has 0 bridgehead atoms. The lowest BCUT2D eigenvalue weighted by Crippen LogP contribution is -2.14. The van der Waals surface area contributed by atoms with Crippen LogP contribution in [0, 0.1) is 5.92 Å². The van der Waals surface area contributed by atoms with E-state index in [-0.39, 0.29) is 16.7 Å². The van der Waals surface area contributed by atoms with Crippen molar-refractivity contribution in [2.24, 2.45) is 5.92 Å². The van der Waals surface area contributed by atoms with Gasteiger partial charge in [-0.1, -0.05) is 11.6 Å². The Morgan fingerprint density at radius 1 is 0.957 bits per heavy atom. The van der Waals surface area contributed by atoms with E-state index < -0.39 is 10.0 Å². The Balaban J connectivity index is 1.71. The molecule has 0 radical (unpaired) electrons. The molecule has 1 fully saturated rings. The highest BCUT2D eigenvalue weighted by atomic mass is 35.5. The molecule has 7 heteroatoms. The van der Waals surface area contributed by atoms with Gasteiger partial charge in [-0.3, -0.25) is 9.52 Å². The number of hydrogen-bond acceptors (Lipinski definition) is 3. The maximum atomic E-state index is 12.3. The number of amides is 1. The van der Waals surface area contributed by atoms with E-state index >= 15 is 0 Å². The summed E-state index contributed by atoms with van der Waals surface area (Å²) in [6, 6.07) is 12.5. The summed E-state index contributed by atoms with van der Waals surface area (Å²) >= 11 is 5.77. The van der Waals surface area contributed by atoms with Gasteiger partial charge in [-0.2, -0.15) is 0 Å². The van der Waals surface area contributed by atoms with Crippen LogP contribution in [0.5, 0.6) is 0 Å². The van der Waals surface area contributed by atoms with Gasteiger partial charge in [-0.25, -0.2) is 8.42 Å². The summed E-state index contributed by atoms with van der Waals surface area (Å²) in [5.74, 6) is 0.0878. The molecule has 120 valence electrons. The molecule has 1 saturated carbocycles. The SMILES string of the molecule is O=C(Nc1ccc(S(=O)(=O)Nc2ccc(Cl)cc2)cc1)C1CC1. The number of hydrogen-bond donors (Lipinski definition) is 2. The third-order valence-electron chi connectivity index (χ3n) is 3.48. The zero-order valence-corrected chi connectivity index (χ0v) is 13.7. The maximum absolute atomic E-state index is 12.3. The van der Waals surface area contributed by atoms with E-state index in [0.717, 1.165) is 12.8 Å². The van der Waals surface area contributed by atoms with E-state index in [1.54, 1.807) is 36.4 Å². The minimum Gasteiger partial charge on any atom is -0.326 e. The van der Waals surface area contributed by atoms with Crippen LogP contribution in [0.4, 0.5) is 11.4 Å². The second-order valence-electron chi connectivity index (χ2n) is 5.40. The number of halogens is 1. The minimum absolute atomic E-state index is 0.0140. The molecular formula is C16H15ClN2O3S. The van der Waals surface area contributed by atoms with E-state index in [1.165, 1.54) is 12.1 Å². The fourth-order valence-corrected chi connectivity index (χ4v) is 3.22. The normalized spacial score (nSPS) is 14.3. The molecule has 1 amide bonds. The minimum atomic E-state index is -3.68. The Labute approximate surface area is 139 Å². The molecule has 5 nitrogen and oxygen atoms in total. The van der Waals surface area contributed by atoms with E-state index in [4.69, 9.17) is 11.6 Å². The van der Waals surface area contributed by atoms with Crippen molar-refractivity contribution in [2.75, 3.05) is 10.0 Å². The fraction of sp³-hybridized carbons (Fsp3) is 0.188. The number of benzene rings is 2. The van der Waals surface area contributed by atoms with Crippen LogP contribution in [0.15, 0.2) is 53.4 Å². The molecule has 0 heterocycles. The Hall–Kier alpha value is -2.05. The number of anilines is 2. The average Bonchev–Trinajstić information content (AvgIpc) is 3.35. The Bertz CT molecular complexity index is 813. The smallest absolute Gasteiger partial charge is 0.261 e. The van der Waals surface area contributed by atoms with Crippen molar-refractivity contribution in [3.8, 4) is 0 Å². The summed E-state index contributed by atoms with van der Waals surface area (Å²) in [7, 11) is -3.68. The first-order valence-electron chi connectivity index (χ1n) is 7.13. The predicted octanol–water partition coefficient (Wildman–Crippen LogP) is 3.49. The monoisotopic (exact) mass is 350 g/mol. The van der Waals surface area contributed by atoms with Gasteiger partial charge in [0.15, 0.2) is 0 Å². The predicted molar refractivity (Wildman–Crippen MR) is 90.1 cm³/mol. The van der Waals surface area contributed by atoms with E-state index in [0.29, 0.717) is 16.4 Å². The van der Waals surface area contributed by atoms with Crippen molar-refractivity contribution >= 4 is 38.9 Å². The lowest BCUT2D eigenvalue weighted by Gasteiger charge is -2.09. The van der Waals surface area contributed by atoms with E-state index in [1.807, 2.05) is 0 Å². The first kappa shape index (κ1) is 15.8. The molecule has 0 unspecified atom stereocenters. The van der Waals surface area contributed by atoms with Crippen LogP contribution in [0.2, 0.25) is 5.02 Å². The molecule has 23 heavy (non-hydrogen) atoms. The summed E-state index contributed by atoms with van der Waals surface area (Å²) in [5, 5.41) is 3.30. The van der Waals surface area contributed by atoms with Crippen molar-refractivity contribution in [1.29, 1.82) is 0 Å². The molecule has 1 aliphatic carbocycles. The number of sulfonamides is 1. The van der Waals surface area contributed by atoms with Crippen LogP contribution in [-0.4, -0.2) is 14.3 Å². The molecule has 0 spiro atoms. The van der Waals surface area contributed by atoms with Crippen LogP contribution in [0.25, 0.3) is 0 Å². The molecule has 0 atom stereocenters. The van der Waals surface area contributed by atoms with Crippen molar-refractivity contribution in [3.63, 3.8) is 0 Å². The van der Waals surface area contributed by atoms with Crippen LogP contribution >= 0.6 is 11.6 Å². The summed E-state index contributed by atoms with van der Waals surface area (Å²) in [4.78, 5) is 11.8. The van der Waals surface area contributed by atoms with Gasteiger partial charge in [0.1, 0.15) is 0 Å². The highest BCUT2D eigenvalue weighted by Crippen LogP contribution is 2.30. The third kappa shape index (κ3) is 4.03. The molecular weight excluding hydrogens is 336 g/mol. The van der Waals surface area contributed by atoms with Crippen LogP contribution in [-0.2, 0) is 14.8 Å². The number of nitrogens with one attached hydrogen (secondary N) is 2. The van der Waals surface area contributed by atoms with Gasteiger partial charge < -0.3 is 5.32 Å². The standard InChI is InChI=1S/C16H15ClN2O3S/c17-12-3-5-14(6-4-12)19-23(21,22)15-9-7-13(8-10-15)18-16(20)11-1-2-11/h3-11,19H,1-2H2,(H,18,20). The zero-order chi connectivity index (χ0) is 16.4. The first-order chi connectivity index (χ1) is 10.9. The summed E-state index contributed by atoms with van der Waals surface area (Å²) in [6.45, 7) is 0. The molecule has 0 aliphatic heterocycles. The highest BCUT2D eigenvalue weighted by molar-refractivity contribution is 7.92. The van der Waals surface area contributed by atoms with Gasteiger partial charge in [-0.05, 0) is 61.4 Å². The third-order valence-corrected chi connectivity index (χ3v) is 5.13. The van der Waals surface area contributed by atoms with Gasteiger partial charge >= 0.3 is 0 Å². The molecule has 2 N–H and O–H groups in total. The van der Waals surface area contributed by atoms with Crippen molar-refractivity contribution < 1.29 is 13.2 Å². The first-order valence-corrected chi connectivity index (χ1v) is 8.99. The highest BCUT2D eigenvalue weighted by Gasteiger charge is 2.29. The lowest BCUT2D eigenvalue weighted by molar-refractivity contribution is -0.117. The Kier molecular flexibility index (Phi) is 4.28. The van der Waals surface area contributed by atoms with Crippen LogP contribution < -0.4 is 10.0 Å². The molecule has 0 aromatic heterocycles. The fourth-order valence-electron chi connectivity index (χ4n) is 2.04. The number of carbonyl (C=O) groups excluding carboxylic acids is 1. The Morgan fingerprint density at radius 2 is 1.52 bits per heavy atom. The van der Waals surface area contributed by atoms with Crippen molar-refractivity contribution in [3.05, 3.63) is 53.6 Å². The quantitative estimate of drug-likeness (QED) is 0.866. The molecule has 2 aromatic rings. The largest absolute Gasteiger partial charge is 0.326 e. The second kappa shape index (κ2) is 6.22. The van der Waals surface area contributed by atoms with Crippen molar-refractivity contribution in [1.82, 2.24) is 0 Å². The van der Waals surface area contributed by atoms with Gasteiger partial charge in [0.2, 0.25) is 5.91 Å². The zero-order valence-electron chi connectivity index (χ0n) is 12.1. The number of rotatable bonds is 5. The van der Waals surface area contributed by atoms with E-state index in [9.17, 15) is 13.2 Å². The molecule has 2 aromatic carbocycles. The summed E-state index contributed by atoms with van der Waals surface area (Å²) in [5.41, 5.74) is 1.02. The Morgan fingerprint density at radius 3 is 2.09 bits per heavy atom. The lowest BCUT2D eigenvalue weighted by atomic mass is 10.3. The molecule has 0 saturated heterocycles. The number of carbonyl (C=O) groups is 1. The average molecular weight is 351 g/mol. The topological polar surface area (TPSA) is 75.3 Å². The van der Waals surface area contributed by atoms with Crippen LogP contribution in [0.3, 0.4) is 0 Å². The second-order valence-corrected chi connectivity index (χ2v) is 7.52. The van der Waals surface area contributed by atoms with Gasteiger partial charge in [0.25, 0.3) is 10.0 Å². The maximum Gasteiger partial charge on any atom is 0.261 e. The van der Waals surface area contributed by atoms with Gasteiger partial charge in [0, 0.05) is 22.3 Å². The van der Waals surface area contributed by atoms with Gasteiger partial charge in [0.05, 0.1) is 4.90 Å². The van der Waals surface area contributed by atoms with Crippen LogP contribution in [0.1, 0.15) is 12.8 Å².